The minimum Gasteiger partial charge on any atom is -0.352 e. The number of anilines is 1. The summed E-state index contributed by atoms with van der Waals surface area (Å²) in [6.07, 6.45) is 1.01. The Morgan fingerprint density at radius 2 is 1.71 bits per heavy atom. The van der Waals surface area contributed by atoms with Gasteiger partial charge in [-0.05, 0) is 49.3 Å². The van der Waals surface area contributed by atoms with Crippen molar-refractivity contribution in [1.82, 2.24) is 15.5 Å². The molecule has 0 aromatic heterocycles. The number of rotatable bonds is 8. The van der Waals surface area contributed by atoms with Crippen molar-refractivity contribution in [3.8, 4) is 0 Å². The van der Waals surface area contributed by atoms with Crippen molar-refractivity contribution in [3.05, 3.63) is 65.2 Å². The first kappa shape index (κ1) is 21.4. The standard InChI is InChI=1S/C22H31N5O/c1-5-18-10-6-7-11-19(18)15-25-22(23-2)24-14-17-9-8-12-20(13-17)26-21(28)16-27(3)4/h6-13H,5,14-16H2,1-4H3,(H,26,28)(H2,23,24,25). The zero-order valence-corrected chi connectivity index (χ0v) is 17.2. The molecule has 0 saturated carbocycles. The highest BCUT2D eigenvalue weighted by atomic mass is 16.2. The normalized spacial score (nSPS) is 11.4. The van der Waals surface area contributed by atoms with Crippen LogP contribution in [0, 0.1) is 0 Å². The summed E-state index contributed by atoms with van der Waals surface area (Å²) in [5.74, 6) is 0.718. The maximum atomic E-state index is 11.9. The number of nitrogens with one attached hydrogen (secondary N) is 3. The molecular formula is C22H31N5O. The molecule has 0 aliphatic rings. The van der Waals surface area contributed by atoms with E-state index in [0.717, 1.165) is 30.2 Å². The maximum absolute atomic E-state index is 11.9. The number of aliphatic imine (C=N–C) groups is 1. The summed E-state index contributed by atoms with van der Waals surface area (Å²) in [6.45, 7) is 3.87. The molecule has 6 nitrogen and oxygen atoms in total. The molecule has 0 fully saturated rings. The predicted octanol–water partition coefficient (Wildman–Crippen LogP) is 2.61. The van der Waals surface area contributed by atoms with Crippen LogP contribution in [0.5, 0.6) is 0 Å². The van der Waals surface area contributed by atoms with E-state index >= 15 is 0 Å². The van der Waals surface area contributed by atoms with Gasteiger partial charge in [0.2, 0.25) is 5.91 Å². The molecule has 28 heavy (non-hydrogen) atoms. The number of guanidine groups is 1. The number of hydrogen-bond donors (Lipinski definition) is 3. The molecule has 0 saturated heterocycles. The Morgan fingerprint density at radius 1 is 1.00 bits per heavy atom. The first-order valence-corrected chi connectivity index (χ1v) is 9.56. The highest BCUT2D eigenvalue weighted by molar-refractivity contribution is 5.92. The van der Waals surface area contributed by atoms with Crippen LogP contribution >= 0.6 is 0 Å². The van der Waals surface area contributed by atoms with Crippen LogP contribution in [0.1, 0.15) is 23.6 Å². The monoisotopic (exact) mass is 381 g/mol. The van der Waals surface area contributed by atoms with E-state index in [2.05, 4.69) is 52.1 Å². The van der Waals surface area contributed by atoms with Crippen molar-refractivity contribution in [1.29, 1.82) is 0 Å². The lowest BCUT2D eigenvalue weighted by atomic mass is 10.1. The number of carbonyl (C=O) groups excluding carboxylic acids is 1. The lowest BCUT2D eigenvalue weighted by Gasteiger charge is -2.14. The second-order valence-electron chi connectivity index (χ2n) is 6.89. The van der Waals surface area contributed by atoms with Crippen molar-refractivity contribution in [3.63, 3.8) is 0 Å². The van der Waals surface area contributed by atoms with E-state index in [9.17, 15) is 4.79 Å². The summed E-state index contributed by atoms with van der Waals surface area (Å²) < 4.78 is 0. The molecular weight excluding hydrogens is 350 g/mol. The SMILES string of the molecule is CCc1ccccc1CNC(=NC)NCc1cccc(NC(=O)CN(C)C)c1. The van der Waals surface area contributed by atoms with Crippen LogP contribution in [0.25, 0.3) is 0 Å². The zero-order valence-electron chi connectivity index (χ0n) is 17.2. The Kier molecular flexibility index (Phi) is 8.49. The van der Waals surface area contributed by atoms with E-state index in [1.807, 2.05) is 43.3 Å². The first-order chi connectivity index (χ1) is 13.5. The molecule has 0 aliphatic carbocycles. The van der Waals surface area contributed by atoms with Gasteiger partial charge in [-0.25, -0.2) is 0 Å². The molecule has 0 aliphatic heterocycles. The van der Waals surface area contributed by atoms with Crippen LogP contribution in [0.2, 0.25) is 0 Å². The summed E-state index contributed by atoms with van der Waals surface area (Å²) in [7, 11) is 5.51. The van der Waals surface area contributed by atoms with Gasteiger partial charge < -0.3 is 20.9 Å². The first-order valence-electron chi connectivity index (χ1n) is 9.56. The van der Waals surface area contributed by atoms with Crippen LogP contribution in [-0.2, 0) is 24.3 Å². The van der Waals surface area contributed by atoms with E-state index < -0.39 is 0 Å². The van der Waals surface area contributed by atoms with E-state index in [-0.39, 0.29) is 5.91 Å². The number of aryl methyl sites for hydroxylation is 1. The number of hydrogen-bond acceptors (Lipinski definition) is 3. The Labute approximate surface area is 168 Å². The molecule has 0 atom stereocenters. The molecule has 0 unspecified atom stereocenters. The second kappa shape index (κ2) is 11.1. The van der Waals surface area contributed by atoms with E-state index in [1.165, 1.54) is 11.1 Å². The molecule has 0 bridgehead atoms. The molecule has 0 radical (unpaired) electrons. The summed E-state index contributed by atoms with van der Waals surface area (Å²) in [6, 6.07) is 16.3. The van der Waals surface area contributed by atoms with Crippen LogP contribution < -0.4 is 16.0 Å². The number of carbonyl (C=O) groups is 1. The van der Waals surface area contributed by atoms with E-state index in [0.29, 0.717) is 13.1 Å². The number of nitrogens with zero attached hydrogens (tertiary/aromatic N) is 2. The predicted molar refractivity (Wildman–Crippen MR) is 116 cm³/mol. The quantitative estimate of drug-likeness (QED) is 0.486. The smallest absolute Gasteiger partial charge is 0.238 e. The summed E-state index contributed by atoms with van der Waals surface area (Å²) >= 11 is 0. The van der Waals surface area contributed by atoms with Crippen molar-refractivity contribution >= 4 is 17.6 Å². The van der Waals surface area contributed by atoms with Gasteiger partial charge in [0.15, 0.2) is 5.96 Å². The molecule has 6 heteroatoms. The summed E-state index contributed by atoms with van der Waals surface area (Å²) in [5, 5.41) is 9.61. The van der Waals surface area contributed by atoms with E-state index in [1.54, 1.807) is 7.05 Å². The van der Waals surface area contributed by atoms with Gasteiger partial charge in [-0.3, -0.25) is 9.79 Å². The Morgan fingerprint density at radius 3 is 2.39 bits per heavy atom. The Bertz CT molecular complexity index is 801. The van der Waals surface area contributed by atoms with E-state index in [4.69, 9.17) is 0 Å². The fourth-order valence-corrected chi connectivity index (χ4v) is 2.91. The molecule has 3 N–H and O–H groups in total. The fourth-order valence-electron chi connectivity index (χ4n) is 2.91. The molecule has 2 rings (SSSR count). The minimum atomic E-state index is -0.0258. The second-order valence-corrected chi connectivity index (χ2v) is 6.89. The van der Waals surface area contributed by atoms with Crippen LogP contribution in [0.3, 0.4) is 0 Å². The third kappa shape index (κ3) is 7.04. The van der Waals surface area contributed by atoms with Gasteiger partial charge in [0, 0.05) is 25.8 Å². The minimum absolute atomic E-state index is 0.0258. The van der Waals surface area contributed by atoms with Gasteiger partial charge in [-0.15, -0.1) is 0 Å². The lowest BCUT2D eigenvalue weighted by Crippen LogP contribution is -2.36. The van der Waals surface area contributed by atoms with Crippen LogP contribution in [0.4, 0.5) is 5.69 Å². The van der Waals surface area contributed by atoms with Gasteiger partial charge in [0.05, 0.1) is 6.54 Å². The maximum Gasteiger partial charge on any atom is 0.238 e. The Balaban J connectivity index is 1.89. The third-order valence-electron chi connectivity index (χ3n) is 4.30. The van der Waals surface area contributed by atoms with Gasteiger partial charge >= 0.3 is 0 Å². The Hall–Kier alpha value is -2.86. The van der Waals surface area contributed by atoms with Crippen LogP contribution in [0.15, 0.2) is 53.5 Å². The van der Waals surface area contributed by atoms with Gasteiger partial charge in [0.25, 0.3) is 0 Å². The van der Waals surface area contributed by atoms with Gasteiger partial charge in [-0.2, -0.15) is 0 Å². The van der Waals surface area contributed by atoms with Gasteiger partial charge in [0.1, 0.15) is 0 Å². The fraction of sp³-hybridized carbons (Fsp3) is 0.364. The molecule has 2 aromatic carbocycles. The highest BCUT2D eigenvalue weighted by Gasteiger charge is 2.05. The van der Waals surface area contributed by atoms with Crippen LogP contribution in [-0.4, -0.2) is 44.5 Å². The largest absolute Gasteiger partial charge is 0.352 e. The molecule has 2 aromatic rings. The average molecular weight is 382 g/mol. The zero-order chi connectivity index (χ0) is 20.4. The van der Waals surface area contributed by atoms with Gasteiger partial charge in [-0.1, -0.05) is 43.3 Å². The lowest BCUT2D eigenvalue weighted by molar-refractivity contribution is -0.116. The summed E-state index contributed by atoms with van der Waals surface area (Å²) in [4.78, 5) is 18.1. The van der Waals surface area contributed by atoms with Crippen molar-refractivity contribution in [2.24, 2.45) is 4.99 Å². The molecule has 0 heterocycles. The molecule has 150 valence electrons. The third-order valence-corrected chi connectivity index (χ3v) is 4.30. The van der Waals surface area contributed by atoms with Crippen molar-refractivity contribution in [2.75, 3.05) is 33.0 Å². The van der Waals surface area contributed by atoms with Crippen molar-refractivity contribution in [2.45, 2.75) is 26.4 Å². The highest BCUT2D eigenvalue weighted by Crippen LogP contribution is 2.11. The molecule has 1 amide bonds. The number of amides is 1. The summed E-state index contributed by atoms with van der Waals surface area (Å²) in [5.41, 5.74) is 4.48. The average Bonchev–Trinajstić information content (AvgIpc) is 2.68. The number of benzene rings is 2. The van der Waals surface area contributed by atoms with Crippen molar-refractivity contribution < 1.29 is 4.79 Å². The topological polar surface area (TPSA) is 68.8 Å². The molecule has 0 spiro atoms. The number of likely N-dealkylation sites (N-methyl/N-ethyl adjacent to an activating group) is 1.